The minimum Gasteiger partial charge on any atom is -0.497 e. The van der Waals surface area contributed by atoms with Crippen LogP contribution in [-0.2, 0) is 0 Å². The third-order valence-corrected chi connectivity index (χ3v) is 3.67. The topological polar surface area (TPSA) is 41.5 Å². The highest BCUT2D eigenvalue weighted by Gasteiger charge is 2.16. The Bertz CT molecular complexity index is 574. The molecule has 0 aromatic heterocycles. The molecule has 0 spiro atoms. The zero-order valence-corrected chi connectivity index (χ0v) is 12.8. The molecule has 0 saturated heterocycles. The van der Waals surface area contributed by atoms with Gasteiger partial charge in [0.2, 0.25) is 0 Å². The van der Waals surface area contributed by atoms with E-state index in [-0.39, 0.29) is 12.6 Å². The molecule has 0 aliphatic carbocycles. The van der Waals surface area contributed by atoms with Crippen molar-refractivity contribution in [2.24, 2.45) is 0 Å². The van der Waals surface area contributed by atoms with Crippen LogP contribution in [0.3, 0.4) is 0 Å². The average molecular weight is 306 g/mol. The highest BCUT2D eigenvalue weighted by Crippen LogP contribution is 2.29. The Kier molecular flexibility index (Phi) is 6.05. The minimum absolute atomic E-state index is 0.0275. The summed E-state index contributed by atoms with van der Waals surface area (Å²) < 4.78 is 5.30. The Labute approximate surface area is 130 Å². The van der Waals surface area contributed by atoms with Gasteiger partial charge in [0.1, 0.15) is 5.75 Å². The largest absolute Gasteiger partial charge is 0.497 e. The zero-order valence-electron chi connectivity index (χ0n) is 12.1. The van der Waals surface area contributed by atoms with E-state index in [2.05, 4.69) is 5.32 Å². The molecule has 0 bridgehead atoms. The molecule has 0 heterocycles. The van der Waals surface area contributed by atoms with Crippen molar-refractivity contribution in [3.8, 4) is 5.75 Å². The molecule has 2 aromatic carbocycles. The lowest BCUT2D eigenvalue weighted by atomic mass is 9.98. The van der Waals surface area contributed by atoms with Crippen LogP contribution in [0, 0.1) is 0 Å². The molecular formula is C17H20ClNO2. The Morgan fingerprint density at radius 1 is 1.19 bits per heavy atom. The van der Waals surface area contributed by atoms with Crippen molar-refractivity contribution in [3.63, 3.8) is 0 Å². The van der Waals surface area contributed by atoms with Gasteiger partial charge in [-0.15, -0.1) is 0 Å². The molecule has 21 heavy (non-hydrogen) atoms. The number of benzene rings is 2. The minimum atomic E-state index is -0.0275. The zero-order chi connectivity index (χ0) is 15.1. The van der Waals surface area contributed by atoms with E-state index >= 15 is 0 Å². The summed E-state index contributed by atoms with van der Waals surface area (Å²) >= 11 is 6.33. The molecule has 2 N–H and O–H groups in total. The second kappa shape index (κ2) is 8.03. The van der Waals surface area contributed by atoms with Crippen molar-refractivity contribution in [1.82, 2.24) is 5.32 Å². The lowest BCUT2D eigenvalue weighted by Gasteiger charge is -2.21. The van der Waals surface area contributed by atoms with Crippen LogP contribution in [0.5, 0.6) is 5.75 Å². The third-order valence-electron chi connectivity index (χ3n) is 3.33. The van der Waals surface area contributed by atoms with Crippen molar-refractivity contribution in [2.45, 2.75) is 12.5 Å². The molecule has 3 nitrogen and oxygen atoms in total. The number of methoxy groups -OCH3 is 1. The lowest BCUT2D eigenvalue weighted by Crippen LogP contribution is -2.24. The SMILES string of the molecule is COc1cccc(C(NCCCO)c2ccccc2Cl)c1. The van der Waals surface area contributed by atoms with Gasteiger partial charge in [0.15, 0.2) is 0 Å². The number of halogens is 1. The first-order chi connectivity index (χ1) is 10.3. The first kappa shape index (κ1) is 15.8. The first-order valence-electron chi connectivity index (χ1n) is 6.99. The van der Waals surface area contributed by atoms with E-state index < -0.39 is 0 Å². The molecule has 0 aliphatic heterocycles. The molecule has 0 fully saturated rings. The van der Waals surface area contributed by atoms with Gasteiger partial charge in [-0.3, -0.25) is 0 Å². The molecule has 1 atom stereocenters. The first-order valence-corrected chi connectivity index (χ1v) is 7.36. The van der Waals surface area contributed by atoms with Crippen LogP contribution in [0.4, 0.5) is 0 Å². The van der Waals surface area contributed by atoms with Crippen LogP contribution in [0.15, 0.2) is 48.5 Å². The van der Waals surface area contributed by atoms with Crippen LogP contribution in [0.25, 0.3) is 0 Å². The molecular weight excluding hydrogens is 286 g/mol. The van der Waals surface area contributed by atoms with Gasteiger partial charge in [0, 0.05) is 11.6 Å². The van der Waals surface area contributed by atoms with E-state index in [1.807, 2.05) is 48.5 Å². The molecule has 2 aromatic rings. The maximum atomic E-state index is 8.97. The van der Waals surface area contributed by atoms with Crippen LogP contribution in [0.2, 0.25) is 5.02 Å². The Morgan fingerprint density at radius 2 is 2.00 bits per heavy atom. The monoisotopic (exact) mass is 305 g/mol. The quantitative estimate of drug-likeness (QED) is 0.770. The second-order valence-electron chi connectivity index (χ2n) is 4.76. The molecule has 4 heteroatoms. The van der Waals surface area contributed by atoms with E-state index in [1.54, 1.807) is 7.11 Å². The summed E-state index contributed by atoms with van der Waals surface area (Å²) in [4.78, 5) is 0. The van der Waals surface area contributed by atoms with Crippen molar-refractivity contribution in [1.29, 1.82) is 0 Å². The number of ether oxygens (including phenoxy) is 1. The van der Waals surface area contributed by atoms with Crippen LogP contribution >= 0.6 is 11.6 Å². The van der Waals surface area contributed by atoms with E-state index in [9.17, 15) is 0 Å². The molecule has 2 rings (SSSR count). The van der Waals surface area contributed by atoms with Gasteiger partial charge in [-0.25, -0.2) is 0 Å². The van der Waals surface area contributed by atoms with Crippen LogP contribution in [0.1, 0.15) is 23.6 Å². The molecule has 0 amide bonds. The summed E-state index contributed by atoms with van der Waals surface area (Å²) in [6.07, 6.45) is 0.699. The molecule has 0 aliphatic rings. The summed E-state index contributed by atoms with van der Waals surface area (Å²) in [6, 6.07) is 15.7. The maximum absolute atomic E-state index is 8.97. The number of hydrogen-bond donors (Lipinski definition) is 2. The average Bonchev–Trinajstić information content (AvgIpc) is 2.53. The van der Waals surface area contributed by atoms with Crippen LogP contribution < -0.4 is 10.1 Å². The fourth-order valence-corrected chi connectivity index (χ4v) is 2.51. The predicted octanol–water partition coefficient (Wildman–Crippen LogP) is 3.41. The second-order valence-corrected chi connectivity index (χ2v) is 5.17. The summed E-state index contributed by atoms with van der Waals surface area (Å²) in [5.74, 6) is 0.813. The van der Waals surface area contributed by atoms with Crippen LogP contribution in [-0.4, -0.2) is 25.4 Å². The summed E-state index contributed by atoms with van der Waals surface area (Å²) in [5, 5.41) is 13.1. The van der Waals surface area contributed by atoms with Gasteiger partial charge in [0.25, 0.3) is 0 Å². The van der Waals surface area contributed by atoms with Gasteiger partial charge in [-0.1, -0.05) is 41.9 Å². The lowest BCUT2D eigenvalue weighted by molar-refractivity contribution is 0.284. The van der Waals surface area contributed by atoms with Crippen molar-refractivity contribution < 1.29 is 9.84 Å². The number of aliphatic hydroxyl groups excluding tert-OH is 1. The van der Waals surface area contributed by atoms with E-state index in [0.29, 0.717) is 13.0 Å². The standard InChI is InChI=1S/C17H20ClNO2/c1-21-14-7-4-6-13(12-14)17(19-10-5-11-20)15-8-2-3-9-16(15)18/h2-4,6-9,12,17,19-20H,5,10-11H2,1H3. The number of aliphatic hydroxyl groups is 1. The molecule has 112 valence electrons. The fraction of sp³-hybridized carbons (Fsp3) is 0.294. The van der Waals surface area contributed by atoms with Crippen molar-refractivity contribution in [2.75, 3.05) is 20.3 Å². The number of nitrogens with one attached hydrogen (secondary N) is 1. The molecule has 1 unspecified atom stereocenters. The van der Waals surface area contributed by atoms with Gasteiger partial charge in [-0.05, 0) is 42.3 Å². The van der Waals surface area contributed by atoms with Gasteiger partial charge in [0.05, 0.1) is 13.2 Å². The number of hydrogen-bond acceptors (Lipinski definition) is 3. The Hall–Kier alpha value is -1.55. The third kappa shape index (κ3) is 4.21. The van der Waals surface area contributed by atoms with Gasteiger partial charge in [-0.2, -0.15) is 0 Å². The highest BCUT2D eigenvalue weighted by atomic mass is 35.5. The van der Waals surface area contributed by atoms with E-state index in [1.165, 1.54) is 0 Å². The maximum Gasteiger partial charge on any atom is 0.119 e. The Morgan fingerprint density at radius 3 is 2.71 bits per heavy atom. The summed E-state index contributed by atoms with van der Waals surface area (Å²) in [6.45, 7) is 0.879. The Balaban J connectivity index is 2.33. The number of rotatable bonds is 7. The normalized spacial score (nSPS) is 12.1. The molecule has 0 radical (unpaired) electrons. The summed E-state index contributed by atoms with van der Waals surface area (Å²) in [7, 11) is 1.66. The smallest absolute Gasteiger partial charge is 0.119 e. The fourth-order valence-electron chi connectivity index (χ4n) is 2.26. The van der Waals surface area contributed by atoms with E-state index in [4.69, 9.17) is 21.4 Å². The van der Waals surface area contributed by atoms with Gasteiger partial charge < -0.3 is 15.2 Å². The van der Waals surface area contributed by atoms with Crippen molar-refractivity contribution in [3.05, 3.63) is 64.7 Å². The predicted molar refractivity (Wildman–Crippen MR) is 86.0 cm³/mol. The highest BCUT2D eigenvalue weighted by molar-refractivity contribution is 6.31. The summed E-state index contributed by atoms with van der Waals surface area (Å²) in [5.41, 5.74) is 2.10. The molecule has 0 saturated carbocycles. The van der Waals surface area contributed by atoms with Crippen molar-refractivity contribution >= 4 is 11.6 Å². The van der Waals surface area contributed by atoms with Gasteiger partial charge >= 0.3 is 0 Å². The van der Waals surface area contributed by atoms with E-state index in [0.717, 1.165) is 21.9 Å².